The topological polar surface area (TPSA) is 81.8 Å². The van der Waals surface area contributed by atoms with Gasteiger partial charge in [0.25, 0.3) is 5.56 Å². The van der Waals surface area contributed by atoms with Crippen molar-refractivity contribution in [3.05, 3.63) is 76.2 Å². The predicted octanol–water partition coefficient (Wildman–Crippen LogP) is 3.95. The largest absolute Gasteiger partial charge is 0.310 e. The van der Waals surface area contributed by atoms with Gasteiger partial charge in [0.05, 0.1) is 28.0 Å². The number of aryl methyl sites for hydroxylation is 2. The molecule has 4 rings (SSSR count). The Morgan fingerprint density at radius 3 is 2.58 bits per heavy atom. The quantitative estimate of drug-likeness (QED) is 0.368. The highest BCUT2D eigenvalue weighted by Gasteiger charge is 2.14. The molecule has 4 aromatic rings. The summed E-state index contributed by atoms with van der Waals surface area (Å²) < 4.78 is 3.31. The lowest BCUT2D eigenvalue weighted by atomic mass is 10.2. The number of aromatic nitrogens is 4. The zero-order chi connectivity index (χ0) is 22.0. The normalized spacial score (nSPS) is 11.1. The Hall–Kier alpha value is -3.39. The number of carbonyl (C=O) groups is 1. The summed E-state index contributed by atoms with van der Waals surface area (Å²) in [5.74, 6) is 0.540. The Morgan fingerprint density at radius 1 is 1.10 bits per heavy atom. The molecule has 1 N–H and O–H groups in total. The highest BCUT2D eigenvalue weighted by Crippen LogP contribution is 2.20. The maximum atomic E-state index is 12.7. The van der Waals surface area contributed by atoms with Gasteiger partial charge < -0.3 is 5.32 Å². The summed E-state index contributed by atoms with van der Waals surface area (Å²) in [6.07, 6.45) is 0. The average Bonchev–Trinajstić information content (AvgIpc) is 3.12. The highest BCUT2D eigenvalue weighted by atomic mass is 32.2. The number of rotatable bonds is 6. The van der Waals surface area contributed by atoms with Gasteiger partial charge >= 0.3 is 0 Å². The van der Waals surface area contributed by atoms with Gasteiger partial charge in [-0.25, -0.2) is 9.67 Å². The molecule has 7 nitrogen and oxygen atoms in total. The fourth-order valence-electron chi connectivity index (χ4n) is 3.32. The lowest BCUT2D eigenvalue weighted by Gasteiger charge is -2.12. The maximum absolute atomic E-state index is 12.7. The number of amides is 1. The third kappa shape index (κ3) is 4.39. The van der Waals surface area contributed by atoms with Gasteiger partial charge in [0.1, 0.15) is 5.82 Å². The summed E-state index contributed by atoms with van der Waals surface area (Å²) in [7, 11) is 0. The Bertz CT molecular complexity index is 1310. The van der Waals surface area contributed by atoms with E-state index < -0.39 is 0 Å². The van der Waals surface area contributed by atoms with Crippen molar-refractivity contribution in [1.29, 1.82) is 0 Å². The van der Waals surface area contributed by atoms with Crippen LogP contribution in [0, 0.1) is 13.8 Å². The zero-order valence-electron chi connectivity index (χ0n) is 17.6. The molecule has 31 heavy (non-hydrogen) atoms. The van der Waals surface area contributed by atoms with Crippen LogP contribution in [0.2, 0.25) is 0 Å². The van der Waals surface area contributed by atoms with E-state index >= 15 is 0 Å². The Kier molecular flexibility index (Phi) is 5.90. The third-order valence-corrected chi connectivity index (χ3v) is 5.83. The van der Waals surface area contributed by atoms with Gasteiger partial charge in [0.15, 0.2) is 5.16 Å². The molecule has 0 spiro atoms. The molecule has 0 aliphatic rings. The summed E-state index contributed by atoms with van der Waals surface area (Å²) in [6, 6.07) is 17.0. The highest BCUT2D eigenvalue weighted by molar-refractivity contribution is 7.99. The molecule has 8 heteroatoms. The Balaban J connectivity index is 1.53. The molecule has 0 unspecified atom stereocenters. The number of nitrogens with zero attached hydrogens (tertiary/aromatic N) is 4. The van der Waals surface area contributed by atoms with Crippen LogP contribution in [0.4, 0.5) is 5.82 Å². The first-order chi connectivity index (χ1) is 15.0. The number of fused-ring (bicyclic) bond motifs is 1. The third-order valence-electron chi connectivity index (χ3n) is 4.85. The van der Waals surface area contributed by atoms with Crippen molar-refractivity contribution in [2.24, 2.45) is 0 Å². The number of hydrogen-bond donors (Lipinski definition) is 1. The molecule has 2 aromatic carbocycles. The molecule has 0 aliphatic heterocycles. The van der Waals surface area contributed by atoms with Crippen molar-refractivity contribution < 1.29 is 4.79 Å². The number of hydrogen-bond acceptors (Lipinski definition) is 5. The number of anilines is 1. The average molecular weight is 434 g/mol. The second-order valence-corrected chi connectivity index (χ2v) is 8.16. The molecule has 0 saturated carbocycles. The number of carbonyl (C=O) groups excluding carboxylic acids is 1. The van der Waals surface area contributed by atoms with Crippen molar-refractivity contribution >= 4 is 34.4 Å². The van der Waals surface area contributed by atoms with E-state index in [2.05, 4.69) is 15.4 Å². The van der Waals surface area contributed by atoms with Crippen LogP contribution in [-0.4, -0.2) is 31.0 Å². The van der Waals surface area contributed by atoms with Gasteiger partial charge in [-0.1, -0.05) is 41.6 Å². The van der Waals surface area contributed by atoms with E-state index in [1.54, 1.807) is 15.3 Å². The smallest absolute Gasteiger partial charge is 0.262 e. The van der Waals surface area contributed by atoms with Crippen molar-refractivity contribution in [2.45, 2.75) is 32.5 Å². The summed E-state index contributed by atoms with van der Waals surface area (Å²) in [4.78, 5) is 30.0. The summed E-state index contributed by atoms with van der Waals surface area (Å²) in [5, 5.41) is 8.53. The number of thioether (sulfide) groups is 1. The van der Waals surface area contributed by atoms with Crippen LogP contribution in [-0.2, 0) is 11.3 Å². The number of nitrogens with one attached hydrogen (secondary N) is 1. The van der Waals surface area contributed by atoms with Crippen LogP contribution in [0.25, 0.3) is 16.6 Å². The number of para-hydroxylation sites is 1. The van der Waals surface area contributed by atoms with E-state index in [4.69, 9.17) is 0 Å². The Morgan fingerprint density at radius 2 is 1.84 bits per heavy atom. The second kappa shape index (κ2) is 8.77. The molecule has 1 amide bonds. The second-order valence-electron chi connectivity index (χ2n) is 7.22. The van der Waals surface area contributed by atoms with Gasteiger partial charge in [-0.05, 0) is 45.0 Å². The lowest BCUT2D eigenvalue weighted by Crippen LogP contribution is -2.23. The zero-order valence-corrected chi connectivity index (χ0v) is 18.4. The molecule has 2 heterocycles. The fourth-order valence-corrected chi connectivity index (χ4v) is 4.18. The van der Waals surface area contributed by atoms with Crippen molar-refractivity contribution in [3.8, 4) is 5.69 Å². The van der Waals surface area contributed by atoms with Crippen LogP contribution in [0.3, 0.4) is 0 Å². The van der Waals surface area contributed by atoms with Crippen molar-refractivity contribution in [3.63, 3.8) is 0 Å². The lowest BCUT2D eigenvalue weighted by molar-refractivity contribution is -0.113. The first-order valence-electron chi connectivity index (χ1n) is 10.0. The first kappa shape index (κ1) is 20.9. The van der Waals surface area contributed by atoms with Crippen molar-refractivity contribution in [2.75, 3.05) is 11.1 Å². The molecule has 2 aromatic heterocycles. The van der Waals surface area contributed by atoms with Gasteiger partial charge in [-0.2, -0.15) is 5.10 Å². The summed E-state index contributed by atoms with van der Waals surface area (Å²) >= 11 is 1.25. The predicted molar refractivity (Wildman–Crippen MR) is 124 cm³/mol. The summed E-state index contributed by atoms with van der Waals surface area (Å²) in [5.41, 5.74) is 3.37. The molecule has 0 atom stereocenters. The van der Waals surface area contributed by atoms with E-state index in [1.807, 2.05) is 69.3 Å². The maximum Gasteiger partial charge on any atom is 0.262 e. The van der Waals surface area contributed by atoms with Crippen LogP contribution in [0.15, 0.2) is 64.5 Å². The minimum absolute atomic E-state index is 0.0934. The van der Waals surface area contributed by atoms with E-state index in [0.717, 1.165) is 16.9 Å². The molecule has 158 valence electrons. The van der Waals surface area contributed by atoms with Gasteiger partial charge in [0, 0.05) is 12.6 Å². The molecule has 0 aliphatic carbocycles. The van der Waals surface area contributed by atoms with Crippen LogP contribution >= 0.6 is 11.8 Å². The Labute approximate surface area is 184 Å². The van der Waals surface area contributed by atoms with Gasteiger partial charge in [-0.15, -0.1) is 0 Å². The minimum atomic E-state index is -0.191. The van der Waals surface area contributed by atoms with E-state index in [9.17, 15) is 9.59 Å². The molecule has 0 fully saturated rings. The van der Waals surface area contributed by atoms with E-state index in [1.165, 1.54) is 11.8 Å². The monoisotopic (exact) mass is 433 g/mol. The van der Waals surface area contributed by atoms with Crippen molar-refractivity contribution in [1.82, 2.24) is 19.3 Å². The van der Waals surface area contributed by atoms with Crippen LogP contribution in [0.5, 0.6) is 0 Å². The van der Waals surface area contributed by atoms with E-state index in [0.29, 0.717) is 28.4 Å². The number of benzene rings is 2. The van der Waals surface area contributed by atoms with Gasteiger partial charge in [0.2, 0.25) is 5.91 Å². The summed E-state index contributed by atoms with van der Waals surface area (Å²) in [6.45, 7) is 6.29. The van der Waals surface area contributed by atoms with Gasteiger partial charge in [-0.3, -0.25) is 14.2 Å². The molecule has 0 saturated heterocycles. The molecular formula is C23H23N5O2S. The standard InChI is InChI=1S/C23H23N5O2S/c1-4-27-22(30)18-7-5-6-8-19(18)24-23(27)31-14-21(29)25-20-13-16(3)26-28(20)17-11-9-15(2)10-12-17/h5-13H,4,14H2,1-3H3,(H,25,29). The van der Waals surface area contributed by atoms with Crippen LogP contribution in [0.1, 0.15) is 18.2 Å². The molecule has 0 bridgehead atoms. The molecule has 0 radical (unpaired) electrons. The van der Waals surface area contributed by atoms with E-state index in [-0.39, 0.29) is 17.2 Å². The SMILES string of the molecule is CCn1c(SCC(=O)Nc2cc(C)nn2-c2ccc(C)cc2)nc2ccccc2c1=O. The fraction of sp³-hybridized carbons (Fsp3) is 0.217. The molecular weight excluding hydrogens is 410 g/mol. The minimum Gasteiger partial charge on any atom is -0.310 e. The first-order valence-corrected chi connectivity index (χ1v) is 11.0. The van der Waals surface area contributed by atoms with Crippen LogP contribution < -0.4 is 10.9 Å².